The van der Waals surface area contributed by atoms with Gasteiger partial charge < -0.3 is 26.2 Å². The van der Waals surface area contributed by atoms with E-state index in [4.69, 9.17) is 5.11 Å². The maximum Gasteiger partial charge on any atom is 0.404 e. The highest BCUT2D eigenvalue weighted by Crippen LogP contribution is 2.21. The zero-order valence-electron chi connectivity index (χ0n) is 23.2. The number of nitrogens with one attached hydrogen (secondary N) is 3. The molecule has 0 aliphatic heterocycles. The van der Waals surface area contributed by atoms with E-state index in [1.807, 2.05) is 92.9 Å². The summed E-state index contributed by atoms with van der Waals surface area (Å²) in [4.78, 5) is 37.8. The average molecular weight is 566 g/mol. The normalized spacial score (nSPS) is 13.6. The zero-order chi connectivity index (χ0) is 29.1. The summed E-state index contributed by atoms with van der Waals surface area (Å²) in [5.74, 6) is -0.466. The Kier molecular flexibility index (Phi) is 11.3. The van der Waals surface area contributed by atoms with E-state index in [9.17, 15) is 19.5 Å². The van der Waals surface area contributed by atoms with Crippen molar-refractivity contribution in [2.75, 3.05) is 6.54 Å². The molecule has 3 aromatic rings. The number of carboxylic acid groups (broad SMARTS) is 1. The summed E-state index contributed by atoms with van der Waals surface area (Å²) in [6.45, 7) is 5.63. The molecular weight excluding hydrogens is 526 g/mol. The van der Waals surface area contributed by atoms with Gasteiger partial charge in [0.25, 0.3) is 5.91 Å². The molecule has 5 N–H and O–H groups in total. The molecule has 0 radical (unpaired) electrons. The van der Waals surface area contributed by atoms with E-state index in [2.05, 4.69) is 16.0 Å². The molecule has 0 fully saturated rings. The summed E-state index contributed by atoms with van der Waals surface area (Å²) in [5, 5.41) is 30.8. The molecule has 2 aromatic carbocycles. The van der Waals surface area contributed by atoms with Crippen LogP contribution >= 0.6 is 11.3 Å². The van der Waals surface area contributed by atoms with Crippen LogP contribution in [-0.2, 0) is 17.6 Å². The molecule has 1 aromatic heterocycles. The number of aliphatic hydroxyl groups excluding tert-OH is 1. The average Bonchev–Trinajstić information content (AvgIpc) is 3.34. The van der Waals surface area contributed by atoms with Crippen LogP contribution in [0.3, 0.4) is 0 Å². The summed E-state index contributed by atoms with van der Waals surface area (Å²) >= 11 is 1.38. The molecule has 3 amide bonds. The van der Waals surface area contributed by atoms with E-state index in [1.165, 1.54) is 11.3 Å². The molecule has 0 bridgehead atoms. The second kappa shape index (κ2) is 14.6. The minimum atomic E-state index is -1.14. The van der Waals surface area contributed by atoms with Crippen molar-refractivity contribution in [1.29, 1.82) is 0 Å². The lowest BCUT2D eigenvalue weighted by Crippen LogP contribution is -2.49. The number of hydrogen-bond donors (Lipinski definition) is 5. The number of amides is 3. The first-order valence-corrected chi connectivity index (χ1v) is 14.3. The molecule has 0 saturated carbocycles. The molecule has 3 atom stereocenters. The Morgan fingerprint density at radius 2 is 1.50 bits per heavy atom. The predicted octanol–water partition coefficient (Wildman–Crippen LogP) is 4.56. The van der Waals surface area contributed by atoms with Gasteiger partial charge in [-0.05, 0) is 59.7 Å². The van der Waals surface area contributed by atoms with Crippen LogP contribution in [0.4, 0.5) is 4.79 Å². The third kappa shape index (κ3) is 10.1. The summed E-state index contributed by atoms with van der Waals surface area (Å²) in [7, 11) is 0. The largest absolute Gasteiger partial charge is 0.465 e. The second-order valence-electron chi connectivity index (χ2n) is 11.0. The first-order chi connectivity index (χ1) is 19.0. The minimum Gasteiger partial charge on any atom is -0.465 e. The van der Waals surface area contributed by atoms with Gasteiger partial charge in [-0.1, -0.05) is 74.5 Å². The number of benzene rings is 2. The Morgan fingerprint density at radius 1 is 0.900 bits per heavy atom. The highest BCUT2D eigenvalue weighted by atomic mass is 32.1. The fraction of sp³-hybridized carbons (Fsp3) is 0.387. The standard InChI is InChI=1S/C31H39N3O5S/c1-21-14-15-40-28(21)29(37)33-24(16-22-10-6-4-7-11-22)18-26(35)25(17-23-12-8-5-9-13-23)34-27(36)19-31(2,3)20-32-30(38)39/h4-15,24-26,32,35H,16-20H2,1-3H3,(H,33,37)(H,34,36)(H,38,39)/t24-,25-,26+/m0/s1. The van der Waals surface area contributed by atoms with E-state index in [0.29, 0.717) is 17.7 Å². The third-order valence-corrected chi connectivity index (χ3v) is 7.74. The van der Waals surface area contributed by atoms with Crippen molar-refractivity contribution in [2.45, 2.75) is 64.6 Å². The highest BCUT2D eigenvalue weighted by Gasteiger charge is 2.29. The Balaban J connectivity index is 1.77. The smallest absolute Gasteiger partial charge is 0.404 e. The van der Waals surface area contributed by atoms with Gasteiger partial charge in [-0.25, -0.2) is 4.79 Å². The Hall–Kier alpha value is -3.69. The topological polar surface area (TPSA) is 128 Å². The van der Waals surface area contributed by atoms with Crippen LogP contribution < -0.4 is 16.0 Å². The fourth-order valence-electron chi connectivity index (χ4n) is 4.63. The SMILES string of the molecule is Cc1ccsc1C(=O)N[C@@H](Cc1ccccc1)C[C@@H](O)[C@H](Cc1ccccc1)NC(=O)CC(C)(C)CNC(=O)O. The summed E-state index contributed by atoms with van der Waals surface area (Å²) in [6, 6.07) is 20.3. The van der Waals surface area contributed by atoms with Gasteiger partial charge in [-0.2, -0.15) is 0 Å². The summed E-state index contributed by atoms with van der Waals surface area (Å²) in [5.41, 5.74) is 2.26. The Morgan fingerprint density at radius 3 is 2.05 bits per heavy atom. The molecule has 0 spiro atoms. The Bertz CT molecular complexity index is 1250. The van der Waals surface area contributed by atoms with Gasteiger partial charge in [0.05, 0.1) is 17.0 Å². The van der Waals surface area contributed by atoms with E-state index < -0.39 is 23.7 Å². The van der Waals surface area contributed by atoms with Crippen molar-refractivity contribution in [3.8, 4) is 0 Å². The first kappa shape index (κ1) is 30.8. The molecule has 1 heterocycles. The fourth-order valence-corrected chi connectivity index (χ4v) is 5.45. The monoisotopic (exact) mass is 565 g/mol. The number of aliphatic hydroxyl groups is 1. The van der Waals surface area contributed by atoms with Crippen LogP contribution in [0.15, 0.2) is 72.1 Å². The molecular formula is C31H39N3O5S. The molecule has 40 heavy (non-hydrogen) atoms. The van der Waals surface area contributed by atoms with Crippen LogP contribution in [0, 0.1) is 12.3 Å². The van der Waals surface area contributed by atoms with Gasteiger partial charge in [0.2, 0.25) is 5.91 Å². The van der Waals surface area contributed by atoms with Crippen LogP contribution in [0.25, 0.3) is 0 Å². The predicted molar refractivity (Wildman–Crippen MR) is 158 cm³/mol. The lowest BCUT2D eigenvalue weighted by molar-refractivity contribution is -0.124. The summed E-state index contributed by atoms with van der Waals surface area (Å²) < 4.78 is 0. The van der Waals surface area contributed by atoms with Crippen molar-refractivity contribution in [2.24, 2.45) is 5.41 Å². The number of carbonyl (C=O) groups excluding carboxylic acids is 2. The van der Waals surface area contributed by atoms with Gasteiger partial charge in [0, 0.05) is 19.0 Å². The molecule has 0 aliphatic carbocycles. The number of carbonyl (C=O) groups is 3. The van der Waals surface area contributed by atoms with Crippen LogP contribution in [0.1, 0.15) is 53.1 Å². The van der Waals surface area contributed by atoms with Gasteiger partial charge in [0.15, 0.2) is 0 Å². The molecule has 3 rings (SSSR count). The number of aryl methyl sites for hydroxylation is 1. The maximum absolute atomic E-state index is 13.1. The molecule has 0 unspecified atom stereocenters. The van der Waals surface area contributed by atoms with Crippen LogP contribution in [0.2, 0.25) is 0 Å². The molecule has 214 valence electrons. The lowest BCUT2D eigenvalue weighted by atomic mass is 9.88. The second-order valence-corrected chi connectivity index (χ2v) is 11.9. The van der Waals surface area contributed by atoms with E-state index >= 15 is 0 Å². The highest BCUT2D eigenvalue weighted by molar-refractivity contribution is 7.12. The molecule has 0 saturated heterocycles. The van der Waals surface area contributed by atoms with Crippen molar-refractivity contribution in [1.82, 2.24) is 16.0 Å². The van der Waals surface area contributed by atoms with Crippen LogP contribution in [-0.4, -0.2) is 52.9 Å². The summed E-state index contributed by atoms with van der Waals surface area (Å²) in [6.07, 6.45) is -0.871. The van der Waals surface area contributed by atoms with Crippen molar-refractivity contribution < 1.29 is 24.6 Å². The Labute approximate surface area is 239 Å². The maximum atomic E-state index is 13.1. The zero-order valence-corrected chi connectivity index (χ0v) is 24.0. The van der Waals surface area contributed by atoms with Crippen molar-refractivity contribution >= 4 is 29.2 Å². The van der Waals surface area contributed by atoms with Gasteiger partial charge >= 0.3 is 6.09 Å². The number of thiophene rings is 1. The third-order valence-electron chi connectivity index (χ3n) is 6.72. The van der Waals surface area contributed by atoms with Crippen LogP contribution in [0.5, 0.6) is 0 Å². The van der Waals surface area contributed by atoms with E-state index in [-0.39, 0.29) is 37.2 Å². The number of rotatable bonds is 14. The minimum absolute atomic E-state index is 0.0765. The van der Waals surface area contributed by atoms with Gasteiger partial charge in [-0.3, -0.25) is 9.59 Å². The molecule has 9 heteroatoms. The van der Waals surface area contributed by atoms with Crippen molar-refractivity contribution in [3.05, 3.63) is 93.7 Å². The van der Waals surface area contributed by atoms with E-state index in [1.54, 1.807) is 0 Å². The number of hydrogen-bond acceptors (Lipinski definition) is 5. The first-order valence-electron chi connectivity index (χ1n) is 13.4. The van der Waals surface area contributed by atoms with Gasteiger partial charge in [-0.15, -0.1) is 11.3 Å². The molecule has 0 aliphatic rings. The van der Waals surface area contributed by atoms with Crippen molar-refractivity contribution in [3.63, 3.8) is 0 Å². The van der Waals surface area contributed by atoms with E-state index in [0.717, 1.165) is 16.7 Å². The molecule has 8 nitrogen and oxygen atoms in total. The lowest BCUT2D eigenvalue weighted by Gasteiger charge is -2.30. The van der Waals surface area contributed by atoms with Gasteiger partial charge in [0.1, 0.15) is 0 Å². The quantitative estimate of drug-likeness (QED) is 0.196.